The maximum Gasteiger partial charge on any atom is 0.253 e. The molecule has 0 aliphatic rings. The van der Waals surface area contributed by atoms with Crippen molar-refractivity contribution in [3.8, 4) is 0 Å². The number of amides is 1. The third-order valence-corrected chi connectivity index (χ3v) is 4.07. The summed E-state index contributed by atoms with van der Waals surface area (Å²) in [7, 11) is 0. The van der Waals surface area contributed by atoms with E-state index >= 15 is 0 Å². The van der Waals surface area contributed by atoms with E-state index in [9.17, 15) is 23.1 Å². The summed E-state index contributed by atoms with van der Waals surface area (Å²) in [5, 5.41) is 13.2. The van der Waals surface area contributed by atoms with Crippen LogP contribution in [0.15, 0.2) is 30.5 Å². The zero-order chi connectivity index (χ0) is 21.1. The van der Waals surface area contributed by atoms with Gasteiger partial charge in [-0.1, -0.05) is 0 Å². The Morgan fingerprint density at radius 2 is 1.73 bits per heavy atom. The summed E-state index contributed by atoms with van der Waals surface area (Å²) in [6, 6.07) is 3.37. The number of hydrogen-bond donors (Lipinski definition) is 3. The number of nitrogens with zero attached hydrogens (tertiary/aromatic N) is 1. The molecule has 0 aliphatic heterocycles. The van der Waals surface area contributed by atoms with Gasteiger partial charge in [0, 0.05) is 30.3 Å². The van der Waals surface area contributed by atoms with Gasteiger partial charge in [-0.15, -0.1) is 24.8 Å². The smallest absolute Gasteiger partial charge is 0.253 e. The Balaban J connectivity index is 0.00000420. The van der Waals surface area contributed by atoms with Gasteiger partial charge in [-0.3, -0.25) is 9.78 Å². The fourth-order valence-electron chi connectivity index (χ4n) is 2.67. The van der Waals surface area contributed by atoms with E-state index in [1.54, 1.807) is 12.1 Å². The van der Waals surface area contributed by atoms with E-state index in [0.717, 1.165) is 6.07 Å². The largest absolute Gasteiger partial charge is 0.391 e. The third-order valence-electron chi connectivity index (χ3n) is 4.07. The first kappa shape index (κ1) is 28.1. The highest BCUT2D eigenvalue weighted by atomic mass is 35.5. The molecule has 0 bridgehead atoms. The molecular formula is C20H26Cl2F3N3O2. The number of nitrogens with one attached hydrogen (secondary N) is 1. The second-order valence-electron chi connectivity index (χ2n) is 7.70. The Hall–Kier alpha value is -1.87. The Morgan fingerprint density at radius 3 is 2.33 bits per heavy atom. The molecule has 1 amide bonds. The van der Waals surface area contributed by atoms with Gasteiger partial charge < -0.3 is 16.2 Å². The van der Waals surface area contributed by atoms with Crippen molar-refractivity contribution in [3.05, 3.63) is 64.7 Å². The second kappa shape index (κ2) is 11.5. The van der Waals surface area contributed by atoms with Crippen LogP contribution in [-0.2, 0) is 12.8 Å². The lowest BCUT2D eigenvalue weighted by Crippen LogP contribution is -2.42. The van der Waals surface area contributed by atoms with Crippen LogP contribution in [0.2, 0.25) is 0 Å². The summed E-state index contributed by atoms with van der Waals surface area (Å²) in [5.41, 5.74) is 5.95. The lowest BCUT2D eigenvalue weighted by molar-refractivity contribution is 0.0916. The first-order valence-electron chi connectivity index (χ1n) is 8.81. The molecule has 2 aromatic rings. The van der Waals surface area contributed by atoms with E-state index in [4.69, 9.17) is 5.73 Å². The zero-order valence-corrected chi connectivity index (χ0v) is 18.4. The Labute approximate surface area is 186 Å². The Kier molecular flexibility index (Phi) is 10.8. The lowest BCUT2D eigenvalue weighted by atomic mass is 9.96. The summed E-state index contributed by atoms with van der Waals surface area (Å²) < 4.78 is 40.2. The summed E-state index contributed by atoms with van der Waals surface area (Å²) in [6.45, 7) is 5.51. The average Bonchev–Trinajstić information content (AvgIpc) is 2.58. The monoisotopic (exact) mass is 467 g/mol. The fourth-order valence-corrected chi connectivity index (χ4v) is 2.67. The maximum atomic E-state index is 13.8. The number of rotatable bonds is 6. The van der Waals surface area contributed by atoms with Gasteiger partial charge in [-0.25, -0.2) is 13.2 Å². The molecule has 1 heterocycles. The van der Waals surface area contributed by atoms with Crippen molar-refractivity contribution in [1.82, 2.24) is 10.3 Å². The molecule has 4 N–H and O–H groups in total. The molecule has 30 heavy (non-hydrogen) atoms. The number of aliphatic hydroxyl groups excluding tert-OH is 1. The molecule has 168 valence electrons. The third kappa shape index (κ3) is 7.75. The molecule has 0 saturated heterocycles. The lowest BCUT2D eigenvalue weighted by Gasteiger charge is -2.23. The minimum atomic E-state index is -1.29. The number of benzene rings is 1. The van der Waals surface area contributed by atoms with Gasteiger partial charge in [0.25, 0.3) is 5.91 Å². The predicted octanol–water partition coefficient (Wildman–Crippen LogP) is 3.34. The number of aromatic nitrogens is 1. The molecule has 0 spiro atoms. The van der Waals surface area contributed by atoms with Gasteiger partial charge in [-0.2, -0.15) is 0 Å². The van der Waals surface area contributed by atoms with Crippen molar-refractivity contribution in [3.63, 3.8) is 0 Å². The quantitative estimate of drug-likeness (QED) is 0.568. The topological polar surface area (TPSA) is 88.2 Å². The number of carbonyl (C=O) groups excluding carboxylic acids is 1. The van der Waals surface area contributed by atoms with Crippen LogP contribution in [0.25, 0.3) is 0 Å². The molecule has 1 aromatic carbocycles. The minimum Gasteiger partial charge on any atom is -0.391 e. The van der Waals surface area contributed by atoms with Crippen molar-refractivity contribution in [2.45, 2.75) is 51.3 Å². The number of pyridine rings is 1. The molecule has 0 unspecified atom stereocenters. The van der Waals surface area contributed by atoms with E-state index in [0.29, 0.717) is 17.3 Å². The summed E-state index contributed by atoms with van der Waals surface area (Å²) >= 11 is 0. The highest BCUT2D eigenvalue weighted by molar-refractivity contribution is 5.95. The number of hydrogen-bond acceptors (Lipinski definition) is 4. The van der Waals surface area contributed by atoms with Crippen LogP contribution in [0, 0.1) is 17.5 Å². The van der Waals surface area contributed by atoms with E-state index in [2.05, 4.69) is 10.3 Å². The van der Waals surface area contributed by atoms with Gasteiger partial charge in [0.1, 0.15) is 5.82 Å². The summed E-state index contributed by atoms with van der Waals surface area (Å²) in [5.74, 6) is -3.77. The van der Waals surface area contributed by atoms with E-state index in [1.165, 1.54) is 6.20 Å². The van der Waals surface area contributed by atoms with Crippen molar-refractivity contribution < 1.29 is 23.1 Å². The highest BCUT2D eigenvalue weighted by Crippen LogP contribution is 2.17. The molecule has 0 aliphatic carbocycles. The number of halogens is 5. The molecule has 5 nitrogen and oxygen atoms in total. The average molecular weight is 468 g/mol. The summed E-state index contributed by atoms with van der Waals surface area (Å²) in [4.78, 5) is 16.6. The molecule has 0 saturated carbocycles. The van der Waals surface area contributed by atoms with Gasteiger partial charge >= 0.3 is 0 Å². The van der Waals surface area contributed by atoms with Crippen LogP contribution in [0.5, 0.6) is 0 Å². The van der Waals surface area contributed by atoms with E-state index < -0.39 is 35.1 Å². The molecule has 0 radical (unpaired) electrons. The van der Waals surface area contributed by atoms with Gasteiger partial charge in [0.05, 0.1) is 17.4 Å². The van der Waals surface area contributed by atoms with Crippen molar-refractivity contribution in [2.75, 3.05) is 0 Å². The predicted molar refractivity (Wildman–Crippen MR) is 114 cm³/mol. The van der Waals surface area contributed by atoms with Crippen molar-refractivity contribution in [2.24, 2.45) is 5.73 Å². The van der Waals surface area contributed by atoms with Crippen LogP contribution < -0.4 is 11.1 Å². The molecule has 2 atom stereocenters. The van der Waals surface area contributed by atoms with Crippen molar-refractivity contribution >= 4 is 30.7 Å². The van der Waals surface area contributed by atoms with E-state index in [1.807, 2.05) is 20.8 Å². The fraction of sp³-hybridized carbons (Fsp3) is 0.400. The van der Waals surface area contributed by atoms with Crippen LogP contribution in [0.3, 0.4) is 0 Å². The first-order valence-corrected chi connectivity index (χ1v) is 8.81. The molecule has 0 fully saturated rings. The first-order chi connectivity index (χ1) is 13.0. The minimum absolute atomic E-state index is 0. The molecular weight excluding hydrogens is 442 g/mol. The van der Waals surface area contributed by atoms with Crippen LogP contribution in [-0.4, -0.2) is 33.7 Å². The second-order valence-corrected chi connectivity index (χ2v) is 7.70. The SMILES string of the molecule is CC(C)(C)NC(=O)c1cccnc1C[C@H](O)[C@H](N)Cc1cc(F)c(F)cc1F.Cl.Cl. The van der Waals surface area contributed by atoms with Crippen LogP contribution in [0.4, 0.5) is 13.2 Å². The van der Waals surface area contributed by atoms with Gasteiger partial charge in [-0.05, 0) is 51.0 Å². The number of nitrogens with two attached hydrogens (primary N) is 1. The molecule has 2 rings (SSSR count). The zero-order valence-electron chi connectivity index (χ0n) is 16.8. The normalized spacial score (nSPS) is 12.9. The van der Waals surface area contributed by atoms with E-state index in [-0.39, 0.29) is 49.1 Å². The number of carbonyl (C=O) groups is 1. The van der Waals surface area contributed by atoms with Crippen LogP contribution >= 0.6 is 24.8 Å². The molecule has 1 aromatic heterocycles. The standard InChI is InChI=1S/C20H24F3N3O2.2ClH/c1-20(2,3)26-19(28)12-5-4-6-25-17(12)10-18(27)16(24)8-11-7-14(22)15(23)9-13(11)21;;/h4-7,9,16,18,27H,8,10,24H2,1-3H3,(H,26,28);2*1H/t16-,18+;;/m1../s1. The molecule has 10 heteroatoms. The van der Waals surface area contributed by atoms with Crippen molar-refractivity contribution in [1.29, 1.82) is 0 Å². The number of aliphatic hydroxyl groups is 1. The van der Waals surface area contributed by atoms with Crippen LogP contribution in [0.1, 0.15) is 42.4 Å². The Bertz CT molecular complexity index is 864. The maximum absolute atomic E-state index is 13.8. The van der Waals surface area contributed by atoms with Gasteiger partial charge in [0.2, 0.25) is 0 Å². The summed E-state index contributed by atoms with van der Waals surface area (Å²) in [6.07, 6.45) is 0.0422. The van der Waals surface area contributed by atoms with Gasteiger partial charge in [0.15, 0.2) is 11.6 Å². The highest BCUT2D eigenvalue weighted by Gasteiger charge is 2.23. The Morgan fingerprint density at radius 1 is 1.13 bits per heavy atom.